The van der Waals surface area contributed by atoms with Crippen LogP contribution in [0.3, 0.4) is 0 Å². The third kappa shape index (κ3) is 3.42. The van der Waals surface area contributed by atoms with E-state index in [1.807, 2.05) is 39.0 Å². The summed E-state index contributed by atoms with van der Waals surface area (Å²) >= 11 is 0. The largest absolute Gasteiger partial charge is 0.486 e. The number of hydrogen-bond acceptors (Lipinski definition) is 3. The fraction of sp³-hybridized carbons (Fsp3) is 0.375. The molecule has 2 rings (SSSR count). The van der Waals surface area contributed by atoms with E-state index in [4.69, 9.17) is 9.84 Å². The van der Waals surface area contributed by atoms with Gasteiger partial charge in [-0.15, -0.1) is 0 Å². The summed E-state index contributed by atoms with van der Waals surface area (Å²) in [6.07, 6.45) is 1.83. The van der Waals surface area contributed by atoms with Crippen molar-refractivity contribution in [3.63, 3.8) is 0 Å². The Kier molecular flexibility index (Phi) is 4.31. The summed E-state index contributed by atoms with van der Waals surface area (Å²) < 4.78 is 5.92. The smallest absolute Gasteiger partial charge is 0.328 e. The summed E-state index contributed by atoms with van der Waals surface area (Å²) in [5.74, 6) is -0.583. The molecule has 112 valence electrons. The number of nitrogens with zero attached hydrogens (tertiary/aromatic N) is 1. The second-order valence-electron chi connectivity index (χ2n) is 5.49. The lowest BCUT2D eigenvalue weighted by Gasteiger charge is -2.36. The maximum absolute atomic E-state index is 12.3. The highest BCUT2D eigenvalue weighted by Crippen LogP contribution is 2.35. The van der Waals surface area contributed by atoms with Crippen molar-refractivity contribution in [1.29, 1.82) is 0 Å². The summed E-state index contributed by atoms with van der Waals surface area (Å²) in [4.78, 5) is 24.4. The Balaban J connectivity index is 2.37. The minimum absolute atomic E-state index is 0.109. The minimum Gasteiger partial charge on any atom is -0.486 e. The molecular weight excluding hydrogens is 270 g/mol. The Hall–Kier alpha value is -2.30. The third-order valence-corrected chi connectivity index (χ3v) is 3.42. The van der Waals surface area contributed by atoms with Crippen LogP contribution < -0.4 is 9.64 Å². The molecule has 0 bridgehead atoms. The zero-order valence-corrected chi connectivity index (χ0v) is 12.4. The molecule has 1 atom stereocenters. The first kappa shape index (κ1) is 15.1. The number of fused-ring (bicyclic) bond motifs is 1. The lowest BCUT2D eigenvalue weighted by molar-refractivity contribution is -0.131. The van der Waals surface area contributed by atoms with Crippen molar-refractivity contribution in [1.82, 2.24) is 0 Å². The van der Waals surface area contributed by atoms with Gasteiger partial charge in [0.2, 0.25) is 0 Å². The van der Waals surface area contributed by atoms with Gasteiger partial charge < -0.3 is 14.7 Å². The van der Waals surface area contributed by atoms with Crippen LogP contribution in [0.2, 0.25) is 0 Å². The van der Waals surface area contributed by atoms with E-state index in [0.29, 0.717) is 18.0 Å². The number of hydrogen-bond donors (Lipinski definition) is 1. The number of carboxylic acid groups (broad SMARTS) is 1. The number of aliphatic carboxylic acids is 1. The van der Waals surface area contributed by atoms with Crippen LogP contribution in [-0.4, -0.2) is 29.6 Å². The van der Waals surface area contributed by atoms with Gasteiger partial charge in [-0.1, -0.05) is 19.9 Å². The van der Waals surface area contributed by atoms with Gasteiger partial charge in [0.25, 0.3) is 5.91 Å². The lowest BCUT2D eigenvalue weighted by atomic mass is 10.0. The summed E-state index contributed by atoms with van der Waals surface area (Å²) in [5, 5.41) is 8.66. The number of rotatable bonds is 3. The topological polar surface area (TPSA) is 66.8 Å². The Morgan fingerprint density at radius 2 is 2.10 bits per heavy atom. The summed E-state index contributed by atoms with van der Waals surface area (Å²) in [7, 11) is 0. The molecule has 1 aromatic carbocycles. The van der Waals surface area contributed by atoms with Gasteiger partial charge in [-0.2, -0.15) is 0 Å². The third-order valence-electron chi connectivity index (χ3n) is 3.42. The van der Waals surface area contributed by atoms with Crippen molar-refractivity contribution >= 4 is 17.6 Å². The molecule has 5 heteroatoms. The monoisotopic (exact) mass is 289 g/mol. The lowest BCUT2D eigenvalue weighted by Crippen LogP contribution is -2.45. The van der Waals surface area contributed by atoms with Gasteiger partial charge in [0.1, 0.15) is 11.9 Å². The number of ether oxygens (including phenoxy) is 1. The van der Waals surface area contributed by atoms with Crippen LogP contribution in [0, 0.1) is 12.8 Å². The van der Waals surface area contributed by atoms with Crippen LogP contribution in [0.1, 0.15) is 19.4 Å². The average molecular weight is 289 g/mol. The normalized spacial score (nSPS) is 17.7. The van der Waals surface area contributed by atoms with Crippen molar-refractivity contribution in [2.45, 2.75) is 26.9 Å². The van der Waals surface area contributed by atoms with E-state index in [1.54, 1.807) is 4.90 Å². The number of benzene rings is 1. The van der Waals surface area contributed by atoms with Crippen molar-refractivity contribution in [3.05, 3.63) is 35.9 Å². The number of amides is 1. The quantitative estimate of drug-likeness (QED) is 0.868. The van der Waals surface area contributed by atoms with E-state index in [-0.39, 0.29) is 17.9 Å². The molecule has 0 spiro atoms. The maximum atomic E-state index is 12.3. The standard InChI is InChI=1S/C16H19NO4/c1-10(2)14-9-17(15(18)6-7-16(19)20)12-8-11(3)4-5-13(12)21-14/h4-8,10,14H,9H2,1-3H3,(H,19,20). The molecule has 1 aliphatic rings. The Morgan fingerprint density at radius 3 is 2.71 bits per heavy atom. The van der Waals surface area contributed by atoms with Gasteiger partial charge in [-0.25, -0.2) is 4.79 Å². The molecule has 21 heavy (non-hydrogen) atoms. The second-order valence-corrected chi connectivity index (χ2v) is 5.49. The second kappa shape index (κ2) is 5.99. The molecule has 0 radical (unpaired) electrons. The van der Waals surface area contributed by atoms with Crippen molar-refractivity contribution in [2.75, 3.05) is 11.4 Å². The van der Waals surface area contributed by atoms with Gasteiger partial charge >= 0.3 is 5.97 Å². The molecule has 0 saturated heterocycles. The molecule has 0 aliphatic carbocycles. The van der Waals surface area contributed by atoms with Crippen LogP contribution in [0.4, 0.5) is 5.69 Å². The van der Waals surface area contributed by atoms with Crippen LogP contribution >= 0.6 is 0 Å². The molecule has 1 aliphatic heterocycles. The predicted octanol–water partition coefficient (Wildman–Crippen LogP) is 2.39. The van der Waals surface area contributed by atoms with E-state index in [0.717, 1.165) is 17.7 Å². The van der Waals surface area contributed by atoms with Crippen LogP contribution in [0.25, 0.3) is 0 Å². The van der Waals surface area contributed by atoms with E-state index in [2.05, 4.69) is 0 Å². The Bertz CT molecular complexity index is 592. The average Bonchev–Trinajstić information content (AvgIpc) is 2.43. The van der Waals surface area contributed by atoms with Gasteiger partial charge in [-0.05, 0) is 30.5 Å². The first-order valence-corrected chi connectivity index (χ1v) is 6.88. The number of carbonyl (C=O) groups excluding carboxylic acids is 1. The Labute approximate surface area is 123 Å². The molecule has 1 aromatic rings. The number of anilines is 1. The molecule has 1 heterocycles. The zero-order valence-electron chi connectivity index (χ0n) is 12.4. The molecule has 5 nitrogen and oxygen atoms in total. The first-order chi connectivity index (χ1) is 9.88. The summed E-state index contributed by atoms with van der Waals surface area (Å²) in [6.45, 7) is 6.40. The fourth-order valence-electron chi connectivity index (χ4n) is 2.20. The molecule has 1 amide bonds. The van der Waals surface area contributed by atoms with Crippen LogP contribution in [0.5, 0.6) is 5.75 Å². The van der Waals surface area contributed by atoms with E-state index in [9.17, 15) is 9.59 Å². The SMILES string of the molecule is Cc1ccc2c(c1)N(C(=O)C=CC(=O)O)CC(C(C)C)O2. The highest BCUT2D eigenvalue weighted by molar-refractivity contribution is 6.05. The van der Waals surface area contributed by atoms with Gasteiger partial charge in [0.15, 0.2) is 0 Å². The highest BCUT2D eigenvalue weighted by atomic mass is 16.5. The minimum atomic E-state index is -1.14. The van der Waals surface area contributed by atoms with E-state index >= 15 is 0 Å². The van der Waals surface area contributed by atoms with E-state index < -0.39 is 5.97 Å². The van der Waals surface area contributed by atoms with Crippen molar-refractivity contribution < 1.29 is 19.4 Å². The molecule has 0 fully saturated rings. The highest BCUT2D eigenvalue weighted by Gasteiger charge is 2.30. The summed E-state index contributed by atoms with van der Waals surface area (Å²) in [6, 6.07) is 5.65. The van der Waals surface area contributed by atoms with Gasteiger partial charge in [0.05, 0.1) is 12.2 Å². The maximum Gasteiger partial charge on any atom is 0.328 e. The van der Waals surface area contributed by atoms with Crippen molar-refractivity contribution in [3.8, 4) is 5.75 Å². The first-order valence-electron chi connectivity index (χ1n) is 6.88. The molecular formula is C16H19NO4. The number of aryl methyl sites for hydroxylation is 1. The zero-order chi connectivity index (χ0) is 15.6. The molecule has 0 aromatic heterocycles. The molecule has 0 saturated carbocycles. The Morgan fingerprint density at radius 1 is 1.38 bits per heavy atom. The van der Waals surface area contributed by atoms with Crippen molar-refractivity contribution in [2.24, 2.45) is 5.92 Å². The van der Waals surface area contributed by atoms with Crippen LogP contribution in [0.15, 0.2) is 30.4 Å². The summed E-state index contributed by atoms with van der Waals surface area (Å²) in [5.41, 5.74) is 1.70. The van der Waals surface area contributed by atoms with E-state index in [1.165, 1.54) is 0 Å². The predicted molar refractivity (Wildman–Crippen MR) is 79.6 cm³/mol. The van der Waals surface area contributed by atoms with Crippen LogP contribution in [-0.2, 0) is 9.59 Å². The fourth-order valence-corrected chi connectivity index (χ4v) is 2.20. The number of carboxylic acids is 1. The van der Waals surface area contributed by atoms with Gasteiger partial charge in [0, 0.05) is 12.2 Å². The molecule has 1 unspecified atom stereocenters. The molecule has 1 N–H and O–H groups in total. The number of carbonyl (C=O) groups is 2. The van der Waals surface area contributed by atoms with Gasteiger partial charge in [-0.3, -0.25) is 4.79 Å².